The van der Waals surface area contributed by atoms with Crippen molar-refractivity contribution in [3.63, 3.8) is 0 Å². The van der Waals surface area contributed by atoms with E-state index in [1.54, 1.807) is 0 Å². The summed E-state index contributed by atoms with van der Waals surface area (Å²) in [6, 6.07) is 10.1. The van der Waals surface area contributed by atoms with Crippen molar-refractivity contribution in [2.75, 3.05) is 5.75 Å². The Morgan fingerprint density at radius 1 is 1.18 bits per heavy atom. The predicted molar refractivity (Wildman–Crippen MR) is 76.6 cm³/mol. The smallest absolute Gasteiger partial charge is 0.131 e. The summed E-state index contributed by atoms with van der Waals surface area (Å²) in [5, 5.41) is 4.46. The molecular weight excluding hydrogens is 228 g/mol. The lowest BCUT2D eigenvalue weighted by molar-refractivity contribution is -0.112. The molecule has 0 saturated heterocycles. The zero-order chi connectivity index (χ0) is 12.1. The molecule has 0 radical (unpaired) electrons. The van der Waals surface area contributed by atoms with Crippen molar-refractivity contribution < 1.29 is 4.79 Å². The van der Waals surface area contributed by atoms with Crippen LogP contribution in [0.1, 0.15) is 18.9 Å². The van der Waals surface area contributed by atoms with Crippen molar-refractivity contribution in [1.29, 1.82) is 0 Å². The van der Waals surface area contributed by atoms with E-state index in [1.807, 2.05) is 18.2 Å². The van der Waals surface area contributed by atoms with Crippen molar-refractivity contribution in [3.8, 4) is 0 Å². The molecular formula is C15H18OS. The Morgan fingerprint density at radius 3 is 2.35 bits per heavy atom. The first-order valence-electron chi connectivity index (χ1n) is 5.93. The number of thiol groups is 1. The largest absolute Gasteiger partial charge is 0.302 e. The minimum absolute atomic E-state index is 0.261. The predicted octanol–water partition coefficient (Wildman–Crippen LogP) is 3.58. The van der Waals surface area contributed by atoms with Crippen molar-refractivity contribution in [2.24, 2.45) is 0 Å². The van der Waals surface area contributed by atoms with E-state index in [0.29, 0.717) is 0 Å². The molecule has 1 aromatic carbocycles. The minimum atomic E-state index is -0.314. The Hall–Kier alpha value is -1.28. The summed E-state index contributed by atoms with van der Waals surface area (Å²) in [4.78, 5) is 11.6. The summed E-state index contributed by atoms with van der Waals surface area (Å²) >= 11 is 0. The van der Waals surface area contributed by atoms with E-state index < -0.39 is 0 Å². The van der Waals surface area contributed by atoms with Gasteiger partial charge in [-0.15, -0.1) is 0 Å². The van der Waals surface area contributed by atoms with Crippen LogP contribution in [0, 0.1) is 0 Å². The third kappa shape index (κ3) is 2.52. The third-order valence-corrected chi connectivity index (χ3v) is 5.38. The van der Waals surface area contributed by atoms with Gasteiger partial charge in [0.05, 0.1) is 5.41 Å². The summed E-state index contributed by atoms with van der Waals surface area (Å²) < 4.78 is 0. The van der Waals surface area contributed by atoms with Crippen LogP contribution in [0.5, 0.6) is 0 Å². The fraction of sp³-hybridized carbons (Fsp3) is 0.267. The number of carbonyl (C=O) groups excluding carboxylic acids is 1. The van der Waals surface area contributed by atoms with E-state index in [-0.39, 0.29) is 16.3 Å². The molecule has 0 bridgehead atoms. The minimum Gasteiger partial charge on any atom is -0.302 e. The van der Waals surface area contributed by atoms with Gasteiger partial charge in [0.25, 0.3) is 0 Å². The Kier molecular flexibility index (Phi) is 3.85. The normalized spacial score (nSPS) is 19.2. The van der Waals surface area contributed by atoms with Crippen LogP contribution in [0.2, 0.25) is 0 Å². The number of rotatable bonds is 5. The fourth-order valence-corrected chi connectivity index (χ4v) is 4.25. The molecule has 0 saturated carbocycles. The molecule has 2 heteroatoms. The number of allylic oxidation sites excluding steroid dienone is 2. The highest BCUT2D eigenvalue weighted by Crippen LogP contribution is 2.41. The molecule has 17 heavy (non-hydrogen) atoms. The first-order chi connectivity index (χ1) is 8.30. The summed E-state index contributed by atoms with van der Waals surface area (Å²) in [6.07, 6.45) is 6.18. The molecule has 0 N–H and O–H groups in total. The van der Waals surface area contributed by atoms with Crippen LogP contribution in [-0.2, 0) is 10.2 Å². The quantitative estimate of drug-likeness (QED) is 0.621. The first kappa shape index (κ1) is 12.2. The van der Waals surface area contributed by atoms with Crippen molar-refractivity contribution >= 4 is 17.2 Å². The average Bonchev–Trinajstić information content (AvgIpc) is 2.90. The van der Waals surface area contributed by atoms with E-state index in [2.05, 4.69) is 42.0 Å². The molecule has 0 aliphatic carbocycles. The third-order valence-electron chi connectivity index (χ3n) is 3.34. The first-order valence-corrected chi connectivity index (χ1v) is 7.60. The molecule has 1 aliphatic heterocycles. The summed E-state index contributed by atoms with van der Waals surface area (Å²) in [6.45, 7) is 2.10. The summed E-state index contributed by atoms with van der Waals surface area (Å²) in [7, 11) is -0.261. The Labute approximate surface area is 106 Å². The average molecular weight is 246 g/mol. The molecule has 1 aliphatic rings. The molecule has 0 amide bonds. The van der Waals surface area contributed by atoms with Gasteiger partial charge in [-0.05, 0) is 28.6 Å². The van der Waals surface area contributed by atoms with Crippen LogP contribution >= 0.6 is 10.9 Å². The number of carbonyl (C=O) groups is 1. The SMILES string of the molecule is CCC(C=O)(C[SH]1C=CC=C1)c1ccccc1. The Bertz CT molecular complexity index is 423. The Balaban J connectivity index is 2.28. The summed E-state index contributed by atoms with van der Waals surface area (Å²) in [5.41, 5.74) is 0.833. The van der Waals surface area contributed by atoms with Gasteiger partial charge in [-0.25, -0.2) is 10.9 Å². The lowest BCUT2D eigenvalue weighted by atomic mass is 9.81. The maximum atomic E-state index is 11.6. The number of benzene rings is 1. The maximum Gasteiger partial charge on any atom is 0.131 e. The highest BCUT2D eigenvalue weighted by Gasteiger charge is 2.31. The van der Waals surface area contributed by atoms with Gasteiger partial charge in [0.15, 0.2) is 0 Å². The molecule has 0 spiro atoms. The van der Waals surface area contributed by atoms with Gasteiger partial charge < -0.3 is 4.79 Å². The van der Waals surface area contributed by atoms with Crippen LogP contribution in [0.25, 0.3) is 0 Å². The van der Waals surface area contributed by atoms with Gasteiger partial charge in [-0.1, -0.05) is 49.4 Å². The van der Waals surface area contributed by atoms with Crippen LogP contribution in [0.4, 0.5) is 0 Å². The van der Waals surface area contributed by atoms with Crippen LogP contribution < -0.4 is 0 Å². The van der Waals surface area contributed by atoms with E-state index in [0.717, 1.165) is 24.0 Å². The van der Waals surface area contributed by atoms with Crippen molar-refractivity contribution in [2.45, 2.75) is 18.8 Å². The van der Waals surface area contributed by atoms with Gasteiger partial charge >= 0.3 is 0 Å². The van der Waals surface area contributed by atoms with Gasteiger partial charge in [-0.2, -0.15) is 0 Å². The van der Waals surface area contributed by atoms with E-state index in [1.165, 1.54) is 0 Å². The van der Waals surface area contributed by atoms with Gasteiger partial charge in [0.1, 0.15) is 6.29 Å². The zero-order valence-electron chi connectivity index (χ0n) is 10.0. The number of hydrogen-bond acceptors (Lipinski definition) is 1. The molecule has 2 rings (SSSR count). The van der Waals surface area contributed by atoms with Gasteiger partial charge in [0, 0.05) is 0 Å². The second-order valence-electron chi connectivity index (χ2n) is 4.35. The van der Waals surface area contributed by atoms with E-state index >= 15 is 0 Å². The number of aldehydes is 1. The monoisotopic (exact) mass is 246 g/mol. The van der Waals surface area contributed by atoms with E-state index in [4.69, 9.17) is 0 Å². The van der Waals surface area contributed by atoms with Crippen LogP contribution in [-0.4, -0.2) is 12.0 Å². The maximum absolute atomic E-state index is 11.6. The highest BCUT2D eigenvalue weighted by molar-refractivity contribution is 8.22. The second-order valence-corrected chi connectivity index (χ2v) is 6.29. The van der Waals surface area contributed by atoms with Gasteiger partial charge in [-0.3, -0.25) is 0 Å². The molecule has 1 unspecified atom stereocenters. The molecule has 0 aromatic heterocycles. The topological polar surface area (TPSA) is 17.1 Å². The fourth-order valence-electron chi connectivity index (χ4n) is 2.17. The number of hydrogen-bond donors (Lipinski definition) is 1. The lowest BCUT2D eigenvalue weighted by Gasteiger charge is -2.30. The van der Waals surface area contributed by atoms with Crippen LogP contribution in [0.15, 0.2) is 53.3 Å². The van der Waals surface area contributed by atoms with Gasteiger partial charge in [0.2, 0.25) is 0 Å². The van der Waals surface area contributed by atoms with E-state index in [9.17, 15) is 4.79 Å². The summed E-state index contributed by atoms with van der Waals surface area (Å²) in [5.74, 6) is 0.930. The molecule has 0 fully saturated rings. The standard InChI is InChI=1S/C15H18OS/c1-2-15(12-16,13-17-10-6-7-11-17)14-8-4-3-5-9-14/h3-12,17H,2,13H2,1H3. The van der Waals surface area contributed by atoms with Crippen molar-refractivity contribution in [1.82, 2.24) is 0 Å². The molecule has 1 atom stereocenters. The highest BCUT2D eigenvalue weighted by atomic mass is 32.2. The molecule has 1 aromatic rings. The molecule has 1 nitrogen and oxygen atoms in total. The van der Waals surface area contributed by atoms with Crippen LogP contribution in [0.3, 0.4) is 0 Å². The second kappa shape index (κ2) is 5.37. The zero-order valence-corrected chi connectivity index (χ0v) is 10.9. The molecule has 1 heterocycles. The van der Waals surface area contributed by atoms with Crippen molar-refractivity contribution in [3.05, 3.63) is 58.9 Å². The Morgan fingerprint density at radius 2 is 1.82 bits per heavy atom. The lowest BCUT2D eigenvalue weighted by Crippen LogP contribution is -2.31. The molecule has 90 valence electrons.